The maximum atomic E-state index is 8.46. The zero-order valence-corrected chi connectivity index (χ0v) is 5.09. The van der Waals surface area contributed by atoms with Crippen LogP contribution in [-0.2, 0) is 4.57 Å². The van der Waals surface area contributed by atoms with Crippen LogP contribution in [0.5, 0.6) is 0 Å². The Balaban J connectivity index is -0.0000000360. The molecule has 0 heterocycles. The van der Waals surface area contributed by atoms with Crippen molar-refractivity contribution in [3.63, 3.8) is 0 Å². The lowest BCUT2D eigenvalue weighted by atomic mass is 11.8. The van der Waals surface area contributed by atoms with Crippen LogP contribution >= 0.6 is 8.69 Å². The summed E-state index contributed by atoms with van der Waals surface area (Å²) in [7, 11) is 1.17. The molecule has 0 saturated heterocycles. The third-order valence-corrected chi connectivity index (χ3v) is 0. The highest BCUT2D eigenvalue weighted by Crippen LogP contribution is 1.66. The van der Waals surface area contributed by atoms with E-state index in [-0.39, 0.29) is 0 Å². The molecule has 0 aliphatic rings. The first-order valence-electron chi connectivity index (χ1n) is 1.28. The number of aliphatic hydroxyl groups is 2. The maximum Gasteiger partial charge on any atom is 0.324 e. The summed E-state index contributed by atoms with van der Waals surface area (Å²) in [5.74, 6) is 0. The van der Waals surface area contributed by atoms with Crippen LogP contribution in [0.2, 0.25) is 0 Å². The smallest absolute Gasteiger partial charge is 0.324 e. The first-order chi connectivity index (χ1) is 3.41. The van der Waals surface area contributed by atoms with E-state index in [0.29, 0.717) is 0 Å². The molecule has 0 radical (unpaired) electrons. The number of hydrogen-bond acceptors (Lipinski definition) is 3. The van der Waals surface area contributed by atoms with Gasteiger partial charge in [0.05, 0.1) is 0 Å². The van der Waals surface area contributed by atoms with Crippen molar-refractivity contribution in [2.45, 2.75) is 0 Å². The molecule has 46 valence electrons. The molecule has 0 spiro atoms. The van der Waals surface area contributed by atoms with Gasteiger partial charge < -0.3 is 15.1 Å². The molecule has 0 aromatic heterocycles. The Hall–Kier alpha value is -0.0200. The van der Waals surface area contributed by atoms with E-state index in [1.54, 1.807) is 0 Å². The Morgan fingerprint density at radius 1 is 1.14 bits per heavy atom. The molecule has 0 bridgehead atoms. The minimum Gasteiger partial charge on any atom is -0.400 e. The first kappa shape index (κ1) is 15.8. The van der Waals surface area contributed by atoms with Gasteiger partial charge in [0.2, 0.25) is 0 Å². The Bertz CT molecular complexity index is 17.2. The number of hydrogen-bond donors (Lipinski definition) is 3. The number of rotatable bonds is 0. The van der Waals surface area contributed by atoms with Gasteiger partial charge in [-0.1, -0.05) is 0 Å². The van der Waals surface area contributed by atoms with E-state index in [1.807, 2.05) is 0 Å². The van der Waals surface area contributed by atoms with Gasteiger partial charge in [0.15, 0.2) is 0 Å². The van der Waals surface area contributed by atoms with Gasteiger partial charge in [-0.3, -0.25) is 0 Å². The first-order valence-corrected chi connectivity index (χ1v) is 2.04. The summed E-state index contributed by atoms with van der Waals surface area (Å²) in [5, 5.41) is 14.0. The van der Waals surface area contributed by atoms with Crippen molar-refractivity contribution < 1.29 is 19.7 Å². The molecule has 0 atom stereocenters. The fraction of sp³-hybridized carbons (Fsp3) is 1.00. The lowest BCUT2D eigenvalue weighted by molar-refractivity contribution is 0.399. The lowest BCUT2D eigenvalue weighted by Crippen LogP contribution is -1.25. The van der Waals surface area contributed by atoms with Crippen molar-refractivity contribution in [1.82, 2.24) is 0 Å². The zero-order chi connectivity index (χ0) is 6.71. The second-order valence-corrected chi connectivity index (χ2v) is 0.245. The Morgan fingerprint density at radius 2 is 1.14 bits per heavy atom. The summed E-state index contributed by atoms with van der Waals surface area (Å²) >= 11 is 0. The van der Waals surface area contributed by atoms with Gasteiger partial charge in [-0.05, 0) is 0 Å². The van der Waals surface area contributed by atoms with Crippen molar-refractivity contribution in [1.29, 1.82) is 0 Å². The average Bonchev–Trinajstić information content (AvgIpc) is 1.78. The minimum atomic E-state index is -0.833. The van der Waals surface area contributed by atoms with Gasteiger partial charge in [-0.2, -0.15) is 0 Å². The van der Waals surface area contributed by atoms with Crippen molar-refractivity contribution in [2.24, 2.45) is 0 Å². The fourth-order valence-electron chi connectivity index (χ4n) is 0. The Labute approximate surface area is 43.7 Å². The van der Waals surface area contributed by atoms with Gasteiger partial charge in [-0.15, -0.1) is 0 Å². The molecule has 7 heavy (non-hydrogen) atoms. The molecule has 0 aromatic rings. The molecule has 0 amide bonds. The van der Waals surface area contributed by atoms with Gasteiger partial charge in [-0.25, -0.2) is 4.57 Å². The van der Waals surface area contributed by atoms with Crippen molar-refractivity contribution in [2.75, 3.05) is 14.2 Å². The predicted octanol–water partition coefficient (Wildman–Crippen LogP) is -0.598. The highest BCUT2D eigenvalue weighted by molar-refractivity contribution is 7.16. The SMILES string of the molecule is CO.CO.O=PO. The van der Waals surface area contributed by atoms with Crippen molar-refractivity contribution >= 4 is 8.69 Å². The van der Waals surface area contributed by atoms with Crippen molar-refractivity contribution in [3.05, 3.63) is 0 Å². The molecule has 0 aromatic carbocycles. The highest BCUT2D eigenvalue weighted by atomic mass is 31.1. The van der Waals surface area contributed by atoms with Gasteiger partial charge in [0.25, 0.3) is 0 Å². The largest absolute Gasteiger partial charge is 0.400 e. The summed E-state index contributed by atoms with van der Waals surface area (Å²) in [6.07, 6.45) is 0. The maximum absolute atomic E-state index is 8.46. The van der Waals surface area contributed by atoms with E-state index in [4.69, 9.17) is 19.7 Å². The molecular weight excluding hydrogens is 119 g/mol. The van der Waals surface area contributed by atoms with Gasteiger partial charge >= 0.3 is 8.69 Å². The molecule has 0 saturated carbocycles. The molecular formula is C2H9O4P. The Kier molecular flexibility index (Phi) is 348. The summed E-state index contributed by atoms with van der Waals surface area (Å²) in [4.78, 5) is 6.99. The molecule has 4 nitrogen and oxygen atoms in total. The zero-order valence-electron chi connectivity index (χ0n) is 4.20. The van der Waals surface area contributed by atoms with Crippen LogP contribution < -0.4 is 0 Å². The molecule has 0 aliphatic carbocycles. The highest BCUT2D eigenvalue weighted by Gasteiger charge is 1.28. The normalized spacial score (nSPS) is 4.71. The lowest BCUT2D eigenvalue weighted by Gasteiger charge is -1.24. The summed E-state index contributed by atoms with van der Waals surface area (Å²) in [6, 6.07) is 0. The molecule has 3 N–H and O–H groups in total. The summed E-state index contributed by atoms with van der Waals surface area (Å²) in [6.45, 7) is 0. The van der Waals surface area contributed by atoms with Crippen LogP contribution in [0.1, 0.15) is 0 Å². The van der Waals surface area contributed by atoms with Crippen molar-refractivity contribution in [3.8, 4) is 0 Å². The van der Waals surface area contributed by atoms with Crippen LogP contribution in [-0.4, -0.2) is 29.3 Å². The standard InChI is InChI=1S/2CH4O.HO2P/c2*1-2;1-3-2/h2*2H,1H3;(H,1,2). The molecule has 0 aliphatic heterocycles. The monoisotopic (exact) mass is 128 g/mol. The second-order valence-electron chi connectivity index (χ2n) is 0.0816. The third kappa shape index (κ3) is 237000. The van der Waals surface area contributed by atoms with E-state index >= 15 is 0 Å². The Morgan fingerprint density at radius 3 is 1.14 bits per heavy atom. The number of aliphatic hydroxyl groups excluding tert-OH is 2. The minimum absolute atomic E-state index is 0.833. The molecule has 0 rings (SSSR count). The van der Waals surface area contributed by atoms with Crippen LogP contribution in [0.15, 0.2) is 0 Å². The van der Waals surface area contributed by atoms with Gasteiger partial charge in [0.1, 0.15) is 0 Å². The van der Waals surface area contributed by atoms with E-state index < -0.39 is 8.69 Å². The third-order valence-electron chi connectivity index (χ3n) is 0. The van der Waals surface area contributed by atoms with Crippen LogP contribution in [0.25, 0.3) is 0 Å². The fourth-order valence-corrected chi connectivity index (χ4v) is 0. The summed E-state index contributed by atoms with van der Waals surface area (Å²) < 4.78 is 8.46. The van der Waals surface area contributed by atoms with E-state index in [9.17, 15) is 0 Å². The molecule has 0 fully saturated rings. The quantitative estimate of drug-likeness (QED) is 0.381. The second kappa shape index (κ2) is 154. The van der Waals surface area contributed by atoms with Gasteiger partial charge in [0, 0.05) is 14.2 Å². The van der Waals surface area contributed by atoms with Crippen LogP contribution in [0.4, 0.5) is 0 Å². The molecule has 0 unspecified atom stereocenters. The molecule has 5 heteroatoms. The topological polar surface area (TPSA) is 77.8 Å². The van der Waals surface area contributed by atoms with Crippen LogP contribution in [0.3, 0.4) is 0 Å². The van der Waals surface area contributed by atoms with E-state index in [2.05, 4.69) is 0 Å². The predicted molar refractivity (Wildman–Crippen MR) is 26.1 cm³/mol. The van der Waals surface area contributed by atoms with E-state index in [0.717, 1.165) is 14.2 Å². The van der Waals surface area contributed by atoms with E-state index in [1.165, 1.54) is 0 Å². The average molecular weight is 128 g/mol. The summed E-state index contributed by atoms with van der Waals surface area (Å²) in [5.41, 5.74) is 0. The van der Waals surface area contributed by atoms with Crippen LogP contribution in [0, 0.1) is 0 Å².